The van der Waals surface area contributed by atoms with Crippen LogP contribution in [0.15, 0.2) is 12.7 Å². The lowest BCUT2D eigenvalue weighted by molar-refractivity contribution is -0.137. The molecule has 0 aromatic heterocycles. The van der Waals surface area contributed by atoms with Gasteiger partial charge in [0, 0.05) is 12.0 Å². The van der Waals surface area contributed by atoms with Crippen LogP contribution < -0.4 is 4.72 Å². The largest absolute Gasteiger partial charge is 0.481 e. The van der Waals surface area contributed by atoms with E-state index in [0.717, 1.165) is 0 Å². The summed E-state index contributed by atoms with van der Waals surface area (Å²) >= 11 is 0. The summed E-state index contributed by atoms with van der Waals surface area (Å²) in [5, 5.41) is 8.53. The van der Waals surface area contributed by atoms with Crippen molar-refractivity contribution < 1.29 is 18.3 Å². The van der Waals surface area contributed by atoms with Gasteiger partial charge in [0.15, 0.2) is 0 Å². The second kappa shape index (κ2) is 6.00. The van der Waals surface area contributed by atoms with Gasteiger partial charge in [0.1, 0.15) is 0 Å². The molecule has 0 aromatic rings. The molecule has 0 amide bonds. The van der Waals surface area contributed by atoms with Crippen molar-refractivity contribution in [1.82, 2.24) is 4.72 Å². The van der Waals surface area contributed by atoms with Crippen LogP contribution in [0.4, 0.5) is 0 Å². The Balaban J connectivity index is 4.33. The first kappa shape index (κ1) is 15.1. The van der Waals surface area contributed by atoms with Gasteiger partial charge >= 0.3 is 5.97 Å². The molecule has 5 nitrogen and oxygen atoms in total. The predicted molar refractivity (Wildman–Crippen MR) is 62.7 cm³/mol. The summed E-state index contributed by atoms with van der Waals surface area (Å²) in [5.41, 5.74) is -0.738. The van der Waals surface area contributed by atoms with Crippen molar-refractivity contribution in [1.29, 1.82) is 0 Å². The molecule has 0 aliphatic carbocycles. The minimum absolute atomic E-state index is 0.0208. The van der Waals surface area contributed by atoms with Gasteiger partial charge in [0.05, 0.1) is 5.75 Å². The Hall–Kier alpha value is -0.880. The van der Waals surface area contributed by atoms with E-state index in [2.05, 4.69) is 11.3 Å². The van der Waals surface area contributed by atoms with E-state index in [0.29, 0.717) is 6.42 Å². The van der Waals surface area contributed by atoms with Gasteiger partial charge in [-0.2, -0.15) is 0 Å². The minimum Gasteiger partial charge on any atom is -0.481 e. The van der Waals surface area contributed by atoms with Crippen LogP contribution in [0.5, 0.6) is 0 Å². The first-order valence-electron chi connectivity index (χ1n) is 5.03. The third kappa shape index (κ3) is 7.42. The summed E-state index contributed by atoms with van der Waals surface area (Å²) in [7, 11) is -3.36. The number of rotatable bonds is 8. The number of nitrogens with one attached hydrogen (secondary N) is 1. The number of carboxylic acids is 1. The summed E-state index contributed by atoms with van der Waals surface area (Å²) in [6.07, 6.45) is 2.11. The average Bonchev–Trinajstić information content (AvgIpc) is 2.10. The molecule has 0 aliphatic rings. The number of hydrogen-bond acceptors (Lipinski definition) is 3. The molecule has 16 heavy (non-hydrogen) atoms. The number of carboxylic acid groups (broad SMARTS) is 1. The van der Waals surface area contributed by atoms with Crippen molar-refractivity contribution >= 4 is 16.0 Å². The molecule has 0 fully saturated rings. The van der Waals surface area contributed by atoms with E-state index < -0.39 is 21.5 Å². The third-order valence-corrected chi connectivity index (χ3v) is 3.62. The summed E-state index contributed by atoms with van der Waals surface area (Å²) in [5.74, 6) is -0.953. The number of hydrogen-bond donors (Lipinski definition) is 2. The Morgan fingerprint density at radius 2 is 2.06 bits per heavy atom. The minimum atomic E-state index is -3.36. The summed E-state index contributed by atoms with van der Waals surface area (Å²) < 4.78 is 25.6. The van der Waals surface area contributed by atoms with Gasteiger partial charge in [0.2, 0.25) is 10.0 Å². The molecule has 0 radical (unpaired) electrons. The molecule has 0 aliphatic heterocycles. The highest BCUT2D eigenvalue weighted by molar-refractivity contribution is 7.89. The molecule has 0 bridgehead atoms. The van der Waals surface area contributed by atoms with E-state index in [-0.39, 0.29) is 18.6 Å². The van der Waals surface area contributed by atoms with E-state index in [9.17, 15) is 13.2 Å². The van der Waals surface area contributed by atoms with Gasteiger partial charge in [-0.1, -0.05) is 6.08 Å². The lowest BCUT2D eigenvalue weighted by Gasteiger charge is -2.25. The Morgan fingerprint density at radius 1 is 1.50 bits per heavy atom. The molecule has 0 saturated carbocycles. The van der Waals surface area contributed by atoms with Gasteiger partial charge < -0.3 is 5.11 Å². The fourth-order valence-electron chi connectivity index (χ4n) is 1.18. The quantitative estimate of drug-likeness (QED) is 0.631. The van der Waals surface area contributed by atoms with E-state index in [4.69, 9.17) is 5.11 Å². The van der Waals surface area contributed by atoms with Gasteiger partial charge in [-0.3, -0.25) is 4.79 Å². The summed E-state index contributed by atoms with van der Waals surface area (Å²) in [6.45, 7) is 6.79. The van der Waals surface area contributed by atoms with Crippen molar-refractivity contribution in [3.05, 3.63) is 12.7 Å². The lowest BCUT2D eigenvalue weighted by atomic mass is 10.0. The molecular formula is C10H19NO4S. The van der Waals surface area contributed by atoms with Crippen LogP contribution >= 0.6 is 0 Å². The van der Waals surface area contributed by atoms with Crippen LogP contribution in [0.25, 0.3) is 0 Å². The fraction of sp³-hybridized carbons (Fsp3) is 0.700. The van der Waals surface area contributed by atoms with E-state index in [1.54, 1.807) is 13.8 Å². The number of sulfonamides is 1. The van der Waals surface area contributed by atoms with Crippen LogP contribution in [-0.4, -0.2) is 30.8 Å². The zero-order valence-corrected chi connectivity index (χ0v) is 10.5. The first-order chi connectivity index (χ1) is 7.18. The number of carbonyl (C=O) groups is 1. The molecule has 94 valence electrons. The molecule has 0 unspecified atom stereocenters. The molecule has 0 spiro atoms. The molecule has 0 saturated heterocycles. The van der Waals surface area contributed by atoms with Crippen LogP contribution in [0.1, 0.15) is 33.1 Å². The standard InChI is InChI=1S/C10H19NO4S/c1-4-5-8-16(14,15)11-10(2,3)7-6-9(12)13/h4,11H,1,5-8H2,2-3H3,(H,12,13). The van der Waals surface area contributed by atoms with Crippen LogP contribution in [0.2, 0.25) is 0 Å². The van der Waals surface area contributed by atoms with Crippen molar-refractivity contribution in [2.75, 3.05) is 5.75 Å². The smallest absolute Gasteiger partial charge is 0.303 e. The molecule has 0 atom stereocenters. The maximum atomic E-state index is 11.5. The van der Waals surface area contributed by atoms with Crippen molar-refractivity contribution in [3.8, 4) is 0 Å². The van der Waals surface area contributed by atoms with Crippen molar-refractivity contribution in [2.45, 2.75) is 38.6 Å². The lowest BCUT2D eigenvalue weighted by Crippen LogP contribution is -2.44. The van der Waals surface area contributed by atoms with Crippen molar-refractivity contribution in [3.63, 3.8) is 0 Å². The molecule has 0 rings (SSSR count). The van der Waals surface area contributed by atoms with Crippen LogP contribution in [0.3, 0.4) is 0 Å². The topological polar surface area (TPSA) is 83.5 Å². The summed E-state index contributed by atoms with van der Waals surface area (Å²) in [6, 6.07) is 0. The fourth-order valence-corrected chi connectivity index (χ4v) is 2.70. The second-order valence-corrected chi connectivity index (χ2v) is 6.12. The molecule has 0 aromatic carbocycles. The molecule has 0 heterocycles. The second-order valence-electron chi connectivity index (χ2n) is 4.28. The monoisotopic (exact) mass is 249 g/mol. The molecular weight excluding hydrogens is 230 g/mol. The maximum absolute atomic E-state index is 11.5. The first-order valence-corrected chi connectivity index (χ1v) is 6.68. The van der Waals surface area contributed by atoms with Gasteiger partial charge in [-0.05, 0) is 26.7 Å². The Labute approximate surface area is 96.6 Å². The highest BCUT2D eigenvalue weighted by Gasteiger charge is 2.24. The molecule has 6 heteroatoms. The predicted octanol–water partition coefficient (Wildman–Crippen LogP) is 1.13. The maximum Gasteiger partial charge on any atom is 0.303 e. The third-order valence-electron chi connectivity index (χ3n) is 1.99. The van der Waals surface area contributed by atoms with E-state index >= 15 is 0 Å². The number of allylic oxidation sites excluding steroid dienone is 1. The van der Waals surface area contributed by atoms with Gasteiger partial charge in [-0.15, -0.1) is 6.58 Å². The SMILES string of the molecule is C=CCCS(=O)(=O)NC(C)(C)CCC(=O)O. The Morgan fingerprint density at radius 3 is 2.50 bits per heavy atom. The number of aliphatic carboxylic acids is 1. The molecule has 2 N–H and O–H groups in total. The Bertz CT molecular complexity index is 346. The van der Waals surface area contributed by atoms with Crippen molar-refractivity contribution in [2.24, 2.45) is 0 Å². The zero-order chi connectivity index (χ0) is 12.8. The van der Waals surface area contributed by atoms with Gasteiger partial charge in [-0.25, -0.2) is 13.1 Å². The average molecular weight is 249 g/mol. The van der Waals surface area contributed by atoms with E-state index in [1.807, 2.05) is 0 Å². The summed E-state index contributed by atoms with van der Waals surface area (Å²) in [4.78, 5) is 10.4. The van der Waals surface area contributed by atoms with Crippen LogP contribution in [0, 0.1) is 0 Å². The zero-order valence-electron chi connectivity index (χ0n) is 9.69. The Kier molecular flexibility index (Phi) is 5.67. The normalized spacial score (nSPS) is 12.4. The van der Waals surface area contributed by atoms with Gasteiger partial charge in [0.25, 0.3) is 0 Å². The highest BCUT2D eigenvalue weighted by atomic mass is 32.2. The van der Waals surface area contributed by atoms with E-state index in [1.165, 1.54) is 6.08 Å². The van der Waals surface area contributed by atoms with Crippen LogP contribution in [-0.2, 0) is 14.8 Å². The highest BCUT2D eigenvalue weighted by Crippen LogP contribution is 2.13.